The van der Waals surface area contributed by atoms with Crippen LogP contribution in [0.25, 0.3) is 0 Å². The molecule has 1 unspecified atom stereocenters. The normalized spacial score (nSPS) is 22.0. The third-order valence-electron chi connectivity index (χ3n) is 3.69. The van der Waals surface area contributed by atoms with Gasteiger partial charge in [-0.3, -0.25) is 0 Å². The highest BCUT2D eigenvalue weighted by molar-refractivity contribution is 5.74. The number of nitrogens with one attached hydrogen (secondary N) is 2. The van der Waals surface area contributed by atoms with Gasteiger partial charge in [0.15, 0.2) is 0 Å². The first-order valence-corrected chi connectivity index (χ1v) is 6.45. The van der Waals surface area contributed by atoms with Gasteiger partial charge in [-0.1, -0.05) is 24.3 Å². The lowest BCUT2D eigenvalue weighted by Gasteiger charge is -2.14. The molecule has 2 aliphatic rings. The van der Waals surface area contributed by atoms with Gasteiger partial charge in [-0.25, -0.2) is 4.79 Å². The van der Waals surface area contributed by atoms with E-state index in [2.05, 4.69) is 28.8 Å². The van der Waals surface area contributed by atoms with Crippen LogP contribution in [0.4, 0.5) is 4.79 Å². The van der Waals surface area contributed by atoms with Crippen molar-refractivity contribution in [3.05, 3.63) is 35.4 Å². The predicted octanol–water partition coefficient (Wildman–Crippen LogP) is 2.38. The number of benzene rings is 1. The largest absolute Gasteiger partial charge is 0.338 e. The van der Waals surface area contributed by atoms with Crippen LogP contribution in [0.1, 0.15) is 36.4 Å². The van der Waals surface area contributed by atoms with Crippen LogP contribution >= 0.6 is 0 Å². The van der Waals surface area contributed by atoms with Gasteiger partial charge in [0.25, 0.3) is 0 Å². The zero-order valence-electron chi connectivity index (χ0n) is 9.91. The maximum Gasteiger partial charge on any atom is 0.315 e. The first-order valence-electron chi connectivity index (χ1n) is 6.45. The molecule has 0 radical (unpaired) electrons. The maximum atomic E-state index is 11.7. The highest BCUT2D eigenvalue weighted by Gasteiger charge is 2.25. The lowest BCUT2D eigenvalue weighted by molar-refractivity contribution is 0.236. The molecule has 90 valence electrons. The van der Waals surface area contributed by atoms with Gasteiger partial charge < -0.3 is 10.6 Å². The van der Waals surface area contributed by atoms with E-state index in [-0.39, 0.29) is 12.1 Å². The molecule has 0 heterocycles. The number of aryl methyl sites for hydroxylation is 1. The molecular formula is C14H18N2O. The Bertz CT molecular complexity index is 426. The fourth-order valence-electron chi connectivity index (χ4n) is 2.48. The van der Waals surface area contributed by atoms with Crippen molar-refractivity contribution in [1.29, 1.82) is 0 Å². The second-order valence-corrected chi connectivity index (χ2v) is 5.09. The van der Waals surface area contributed by atoms with Crippen LogP contribution in [-0.2, 0) is 6.42 Å². The molecule has 3 heteroatoms. The molecule has 3 rings (SSSR count). The molecule has 0 spiro atoms. The van der Waals surface area contributed by atoms with Crippen molar-refractivity contribution in [2.75, 3.05) is 6.54 Å². The molecular weight excluding hydrogens is 212 g/mol. The van der Waals surface area contributed by atoms with Crippen LogP contribution < -0.4 is 10.6 Å². The topological polar surface area (TPSA) is 41.1 Å². The van der Waals surface area contributed by atoms with Crippen LogP contribution in [0.15, 0.2) is 24.3 Å². The molecule has 1 saturated carbocycles. The Balaban J connectivity index is 1.56. The van der Waals surface area contributed by atoms with Crippen molar-refractivity contribution >= 4 is 6.03 Å². The quantitative estimate of drug-likeness (QED) is 0.822. The molecule has 1 aromatic carbocycles. The fraction of sp³-hybridized carbons (Fsp3) is 0.500. The molecule has 17 heavy (non-hydrogen) atoms. The van der Waals surface area contributed by atoms with Crippen molar-refractivity contribution in [2.45, 2.75) is 31.7 Å². The van der Waals surface area contributed by atoms with E-state index in [9.17, 15) is 4.79 Å². The summed E-state index contributed by atoms with van der Waals surface area (Å²) in [4.78, 5) is 11.7. The molecule has 2 amide bonds. The molecule has 2 N–H and O–H groups in total. The van der Waals surface area contributed by atoms with Crippen LogP contribution in [0.2, 0.25) is 0 Å². The summed E-state index contributed by atoms with van der Waals surface area (Å²) >= 11 is 0. The van der Waals surface area contributed by atoms with Crippen molar-refractivity contribution in [1.82, 2.24) is 10.6 Å². The second kappa shape index (κ2) is 4.40. The zero-order chi connectivity index (χ0) is 11.7. The van der Waals surface area contributed by atoms with E-state index in [4.69, 9.17) is 0 Å². The van der Waals surface area contributed by atoms with Crippen LogP contribution in [-0.4, -0.2) is 12.6 Å². The standard InChI is InChI=1S/C14H18N2O/c17-14(15-9-10-5-6-10)16-13-8-7-11-3-1-2-4-12(11)13/h1-4,10,13H,5-9H2,(H2,15,16,17). The smallest absolute Gasteiger partial charge is 0.315 e. The minimum absolute atomic E-state index is 0.0152. The minimum atomic E-state index is -0.0152. The number of hydrogen-bond acceptors (Lipinski definition) is 1. The zero-order valence-corrected chi connectivity index (χ0v) is 9.91. The molecule has 0 bridgehead atoms. The Labute approximate surface area is 102 Å². The average molecular weight is 230 g/mol. The van der Waals surface area contributed by atoms with Gasteiger partial charge in [-0.15, -0.1) is 0 Å². The molecule has 0 aliphatic heterocycles. The molecule has 1 aromatic rings. The molecule has 1 fully saturated rings. The van der Waals surface area contributed by atoms with Gasteiger partial charge in [0.05, 0.1) is 6.04 Å². The number of carbonyl (C=O) groups is 1. The Morgan fingerprint density at radius 3 is 2.88 bits per heavy atom. The highest BCUT2D eigenvalue weighted by atomic mass is 16.2. The van der Waals surface area contributed by atoms with Crippen molar-refractivity contribution < 1.29 is 4.79 Å². The van der Waals surface area contributed by atoms with Crippen LogP contribution in [0.5, 0.6) is 0 Å². The van der Waals surface area contributed by atoms with Gasteiger partial charge in [-0.2, -0.15) is 0 Å². The maximum absolute atomic E-state index is 11.7. The summed E-state index contributed by atoms with van der Waals surface area (Å²) in [5, 5.41) is 6.02. The van der Waals surface area contributed by atoms with E-state index >= 15 is 0 Å². The predicted molar refractivity (Wildman–Crippen MR) is 66.8 cm³/mol. The second-order valence-electron chi connectivity index (χ2n) is 5.09. The summed E-state index contributed by atoms with van der Waals surface area (Å²) in [5.41, 5.74) is 2.66. The summed E-state index contributed by atoms with van der Waals surface area (Å²) in [6, 6.07) is 8.56. The lowest BCUT2D eigenvalue weighted by atomic mass is 10.1. The lowest BCUT2D eigenvalue weighted by Crippen LogP contribution is -2.38. The van der Waals surface area contributed by atoms with Crippen molar-refractivity contribution in [3.8, 4) is 0 Å². The van der Waals surface area contributed by atoms with Gasteiger partial charge in [0.1, 0.15) is 0 Å². The number of fused-ring (bicyclic) bond motifs is 1. The van der Waals surface area contributed by atoms with Gasteiger partial charge in [-0.05, 0) is 42.7 Å². The van der Waals surface area contributed by atoms with Crippen molar-refractivity contribution in [2.24, 2.45) is 5.92 Å². The third-order valence-corrected chi connectivity index (χ3v) is 3.69. The fourth-order valence-corrected chi connectivity index (χ4v) is 2.48. The van der Waals surface area contributed by atoms with Gasteiger partial charge >= 0.3 is 6.03 Å². The van der Waals surface area contributed by atoms with Crippen LogP contribution in [0, 0.1) is 5.92 Å². The first-order chi connectivity index (χ1) is 8.33. The highest BCUT2D eigenvalue weighted by Crippen LogP contribution is 2.30. The summed E-state index contributed by atoms with van der Waals surface area (Å²) < 4.78 is 0. The van der Waals surface area contributed by atoms with Gasteiger partial charge in [0, 0.05) is 6.54 Å². The molecule has 3 nitrogen and oxygen atoms in total. The summed E-state index contributed by atoms with van der Waals surface area (Å²) in [5.74, 6) is 0.733. The minimum Gasteiger partial charge on any atom is -0.338 e. The number of carbonyl (C=O) groups excluding carboxylic acids is 1. The molecule has 2 aliphatic carbocycles. The van der Waals surface area contributed by atoms with E-state index in [0.717, 1.165) is 25.3 Å². The van der Waals surface area contributed by atoms with E-state index in [1.165, 1.54) is 24.0 Å². The first kappa shape index (κ1) is 10.6. The van der Waals surface area contributed by atoms with Crippen molar-refractivity contribution in [3.63, 3.8) is 0 Å². The van der Waals surface area contributed by atoms with E-state index in [1.807, 2.05) is 6.07 Å². The van der Waals surface area contributed by atoms with E-state index in [1.54, 1.807) is 0 Å². The molecule has 0 aromatic heterocycles. The Morgan fingerprint density at radius 1 is 1.24 bits per heavy atom. The third kappa shape index (κ3) is 2.43. The number of rotatable bonds is 3. The Morgan fingerprint density at radius 2 is 2.06 bits per heavy atom. The van der Waals surface area contributed by atoms with E-state index in [0.29, 0.717) is 0 Å². The van der Waals surface area contributed by atoms with E-state index < -0.39 is 0 Å². The summed E-state index contributed by atoms with van der Waals surface area (Å²) in [6.07, 6.45) is 4.64. The Kier molecular flexibility index (Phi) is 2.75. The summed E-state index contributed by atoms with van der Waals surface area (Å²) in [7, 11) is 0. The number of hydrogen-bond donors (Lipinski definition) is 2. The molecule has 1 atom stereocenters. The monoisotopic (exact) mass is 230 g/mol. The summed E-state index contributed by atoms with van der Waals surface area (Å²) in [6.45, 7) is 0.834. The number of amides is 2. The van der Waals surface area contributed by atoms with Crippen LogP contribution in [0.3, 0.4) is 0 Å². The Hall–Kier alpha value is -1.51. The number of urea groups is 1. The molecule has 0 saturated heterocycles. The average Bonchev–Trinajstić information content (AvgIpc) is 3.10. The SMILES string of the molecule is O=C(NCC1CC1)NC1CCc2ccccc21. The van der Waals surface area contributed by atoms with Gasteiger partial charge in [0.2, 0.25) is 0 Å².